The van der Waals surface area contributed by atoms with Crippen molar-refractivity contribution < 1.29 is 14.6 Å². The molecule has 1 aliphatic rings. The number of hydrogen-bond donors (Lipinski definition) is 1. The highest BCUT2D eigenvalue weighted by atomic mass is 16.5. The van der Waals surface area contributed by atoms with E-state index in [1.54, 1.807) is 7.11 Å². The first-order valence-corrected chi connectivity index (χ1v) is 5.50. The average Bonchev–Trinajstić information content (AvgIpc) is 2.54. The number of methoxy groups -OCH3 is 1. The quantitative estimate of drug-likeness (QED) is 0.851. The third-order valence-electron chi connectivity index (χ3n) is 3.38. The predicted molar refractivity (Wildman–Crippen MR) is 60.9 cm³/mol. The Bertz CT molecular complexity index is 412. The van der Waals surface area contributed by atoms with E-state index in [-0.39, 0.29) is 12.3 Å². The summed E-state index contributed by atoms with van der Waals surface area (Å²) in [4.78, 5) is 10.8. The summed E-state index contributed by atoms with van der Waals surface area (Å²) in [5.74, 6) is 0.608. The van der Waals surface area contributed by atoms with E-state index in [1.807, 2.05) is 18.2 Å². The molecule has 1 aliphatic carbocycles. The molecule has 0 aliphatic heterocycles. The van der Waals surface area contributed by atoms with Gasteiger partial charge in [0.1, 0.15) is 5.75 Å². The maximum atomic E-state index is 10.8. The number of ether oxygens (including phenoxy) is 1. The molecule has 0 heterocycles. The topological polar surface area (TPSA) is 46.5 Å². The molecule has 1 aromatic carbocycles. The molecule has 3 nitrogen and oxygen atoms in total. The second-order valence-electron chi connectivity index (χ2n) is 4.45. The standard InChI is InChI=1S/C13H16O3/c1-8-5-9-3-4-10(16-2)6-12(9)11(8)7-13(14)15/h3-4,6,8,11H,5,7H2,1-2H3,(H,14,15). The fourth-order valence-electron chi connectivity index (χ4n) is 2.53. The van der Waals surface area contributed by atoms with E-state index in [1.165, 1.54) is 5.56 Å². The number of carboxylic acid groups (broad SMARTS) is 1. The molecule has 0 amide bonds. The van der Waals surface area contributed by atoms with Crippen molar-refractivity contribution in [1.29, 1.82) is 0 Å². The largest absolute Gasteiger partial charge is 0.497 e. The normalized spacial score (nSPS) is 22.9. The number of fused-ring (bicyclic) bond motifs is 1. The molecule has 16 heavy (non-hydrogen) atoms. The summed E-state index contributed by atoms with van der Waals surface area (Å²) in [6.07, 6.45) is 1.18. The third kappa shape index (κ3) is 1.90. The predicted octanol–water partition coefficient (Wildman–Crippen LogP) is 2.45. The highest BCUT2D eigenvalue weighted by Gasteiger charge is 2.31. The number of carboxylic acids is 1. The summed E-state index contributed by atoms with van der Waals surface area (Å²) in [5, 5.41) is 8.91. The first kappa shape index (κ1) is 11.0. The first-order valence-electron chi connectivity index (χ1n) is 5.50. The maximum Gasteiger partial charge on any atom is 0.303 e. The van der Waals surface area contributed by atoms with Crippen molar-refractivity contribution in [3.8, 4) is 5.75 Å². The Morgan fingerprint density at radius 1 is 1.56 bits per heavy atom. The van der Waals surface area contributed by atoms with Crippen LogP contribution < -0.4 is 4.74 Å². The van der Waals surface area contributed by atoms with Crippen molar-refractivity contribution >= 4 is 5.97 Å². The van der Waals surface area contributed by atoms with Gasteiger partial charge in [0.2, 0.25) is 0 Å². The van der Waals surface area contributed by atoms with Crippen LogP contribution in [0.4, 0.5) is 0 Å². The fourth-order valence-corrected chi connectivity index (χ4v) is 2.53. The molecule has 86 valence electrons. The van der Waals surface area contributed by atoms with Gasteiger partial charge in [0.05, 0.1) is 13.5 Å². The van der Waals surface area contributed by atoms with E-state index in [4.69, 9.17) is 9.84 Å². The minimum Gasteiger partial charge on any atom is -0.497 e. The lowest BCUT2D eigenvalue weighted by Gasteiger charge is -2.14. The monoisotopic (exact) mass is 220 g/mol. The molecule has 1 N–H and O–H groups in total. The highest BCUT2D eigenvalue weighted by Crippen LogP contribution is 2.41. The lowest BCUT2D eigenvalue weighted by Crippen LogP contribution is -2.09. The lowest BCUT2D eigenvalue weighted by atomic mass is 9.91. The Hall–Kier alpha value is -1.51. The van der Waals surface area contributed by atoms with E-state index >= 15 is 0 Å². The number of benzene rings is 1. The van der Waals surface area contributed by atoms with Crippen molar-refractivity contribution in [2.45, 2.75) is 25.7 Å². The zero-order valence-electron chi connectivity index (χ0n) is 9.56. The minimum atomic E-state index is -0.729. The zero-order valence-corrected chi connectivity index (χ0v) is 9.56. The number of hydrogen-bond acceptors (Lipinski definition) is 2. The molecule has 2 rings (SSSR count). The molecular weight excluding hydrogens is 204 g/mol. The number of carbonyl (C=O) groups is 1. The van der Waals surface area contributed by atoms with Crippen molar-refractivity contribution in [1.82, 2.24) is 0 Å². The van der Waals surface area contributed by atoms with Crippen molar-refractivity contribution in [3.05, 3.63) is 29.3 Å². The molecule has 0 fully saturated rings. The molecule has 0 bridgehead atoms. The van der Waals surface area contributed by atoms with Gasteiger partial charge >= 0.3 is 5.97 Å². The summed E-state index contributed by atoms with van der Waals surface area (Å²) in [6.45, 7) is 2.11. The van der Waals surface area contributed by atoms with Gasteiger partial charge in [-0.25, -0.2) is 0 Å². The van der Waals surface area contributed by atoms with Crippen LogP contribution in [0, 0.1) is 5.92 Å². The lowest BCUT2D eigenvalue weighted by molar-refractivity contribution is -0.137. The Morgan fingerprint density at radius 2 is 2.31 bits per heavy atom. The summed E-state index contributed by atoms with van der Waals surface area (Å²) in [5.41, 5.74) is 2.41. The van der Waals surface area contributed by atoms with Gasteiger partial charge in [0.15, 0.2) is 0 Å². The van der Waals surface area contributed by atoms with E-state index in [9.17, 15) is 4.79 Å². The van der Waals surface area contributed by atoms with Crippen LogP contribution in [-0.4, -0.2) is 18.2 Å². The Morgan fingerprint density at radius 3 is 2.94 bits per heavy atom. The smallest absolute Gasteiger partial charge is 0.303 e. The van der Waals surface area contributed by atoms with Gasteiger partial charge in [-0.2, -0.15) is 0 Å². The SMILES string of the molecule is COc1ccc2c(c1)C(CC(=O)O)C(C)C2. The highest BCUT2D eigenvalue weighted by molar-refractivity contribution is 5.68. The minimum absolute atomic E-state index is 0.127. The second-order valence-corrected chi connectivity index (χ2v) is 4.45. The number of rotatable bonds is 3. The molecule has 1 aromatic rings. The molecule has 3 heteroatoms. The van der Waals surface area contributed by atoms with Gasteiger partial charge in [-0.3, -0.25) is 4.79 Å². The van der Waals surface area contributed by atoms with Crippen LogP contribution in [0.1, 0.15) is 30.4 Å². The van der Waals surface area contributed by atoms with Crippen molar-refractivity contribution in [2.75, 3.05) is 7.11 Å². The van der Waals surface area contributed by atoms with Gasteiger partial charge in [-0.1, -0.05) is 13.0 Å². The third-order valence-corrected chi connectivity index (χ3v) is 3.38. The Balaban J connectivity index is 2.33. The average molecular weight is 220 g/mol. The molecule has 0 radical (unpaired) electrons. The van der Waals surface area contributed by atoms with Gasteiger partial charge in [-0.15, -0.1) is 0 Å². The van der Waals surface area contributed by atoms with Crippen LogP contribution in [0.15, 0.2) is 18.2 Å². The van der Waals surface area contributed by atoms with Gasteiger partial charge < -0.3 is 9.84 Å². The van der Waals surface area contributed by atoms with Crippen LogP contribution in [0.2, 0.25) is 0 Å². The summed E-state index contributed by atoms with van der Waals surface area (Å²) in [6, 6.07) is 5.97. The van der Waals surface area contributed by atoms with E-state index in [0.717, 1.165) is 17.7 Å². The summed E-state index contributed by atoms with van der Waals surface area (Å²) >= 11 is 0. The summed E-state index contributed by atoms with van der Waals surface area (Å²) < 4.78 is 5.18. The van der Waals surface area contributed by atoms with Crippen molar-refractivity contribution in [3.63, 3.8) is 0 Å². The molecule has 0 aromatic heterocycles. The van der Waals surface area contributed by atoms with Crippen LogP contribution in [0.5, 0.6) is 5.75 Å². The number of aliphatic carboxylic acids is 1. The first-order chi connectivity index (χ1) is 7.61. The molecule has 2 unspecified atom stereocenters. The Kier molecular flexibility index (Phi) is 2.86. The molecule has 2 atom stereocenters. The Labute approximate surface area is 95.0 Å². The van der Waals surface area contributed by atoms with E-state index in [0.29, 0.717) is 5.92 Å². The van der Waals surface area contributed by atoms with E-state index < -0.39 is 5.97 Å². The van der Waals surface area contributed by atoms with Crippen LogP contribution in [0.3, 0.4) is 0 Å². The fraction of sp³-hybridized carbons (Fsp3) is 0.462. The second kappa shape index (κ2) is 4.16. The van der Waals surface area contributed by atoms with Crippen LogP contribution >= 0.6 is 0 Å². The molecule has 0 spiro atoms. The molecule has 0 saturated carbocycles. The maximum absolute atomic E-state index is 10.8. The van der Waals surface area contributed by atoms with E-state index in [2.05, 4.69) is 6.92 Å². The van der Waals surface area contributed by atoms with Gasteiger partial charge in [-0.05, 0) is 41.5 Å². The zero-order chi connectivity index (χ0) is 11.7. The van der Waals surface area contributed by atoms with Crippen LogP contribution in [-0.2, 0) is 11.2 Å². The van der Waals surface area contributed by atoms with Gasteiger partial charge in [0.25, 0.3) is 0 Å². The van der Waals surface area contributed by atoms with Gasteiger partial charge in [0, 0.05) is 0 Å². The molecule has 0 saturated heterocycles. The van der Waals surface area contributed by atoms with Crippen molar-refractivity contribution in [2.24, 2.45) is 5.92 Å². The summed E-state index contributed by atoms with van der Waals surface area (Å²) in [7, 11) is 1.63. The van der Waals surface area contributed by atoms with Crippen LogP contribution in [0.25, 0.3) is 0 Å². The molecular formula is C13H16O3.